The standard InChI is InChI=1S/C19H24N2/c1-13-5-6-14(2)17(9-13)12-21-8-7-20-18-10-15(3)16(4)11-19(18)21/h5-6,9-11,20H,7-8,12H2,1-4H3. The van der Waals surface area contributed by atoms with E-state index in [1.807, 2.05) is 0 Å². The van der Waals surface area contributed by atoms with Crippen molar-refractivity contribution in [2.24, 2.45) is 0 Å². The van der Waals surface area contributed by atoms with Gasteiger partial charge in [0.05, 0.1) is 11.4 Å². The fraction of sp³-hybridized carbons (Fsp3) is 0.368. The summed E-state index contributed by atoms with van der Waals surface area (Å²) in [7, 11) is 0. The van der Waals surface area contributed by atoms with Crippen molar-refractivity contribution in [2.45, 2.75) is 34.2 Å². The van der Waals surface area contributed by atoms with Crippen LogP contribution >= 0.6 is 0 Å². The van der Waals surface area contributed by atoms with Gasteiger partial charge in [-0.25, -0.2) is 0 Å². The largest absolute Gasteiger partial charge is 0.382 e. The maximum absolute atomic E-state index is 3.53. The second kappa shape index (κ2) is 5.44. The SMILES string of the molecule is Cc1ccc(C)c(CN2CCNc3cc(C)c(C)cc32)c1. The van der Waals surface area contributed by atoms with Gasteiger partial charge in [-0.15, -0.1) is 0 Å². The summed E-state index contributed by atoms with van der Waals surface area (Å²) < 4.78 is 0. The lowest BCUT2D eigenvalue weighted by atomic mass is 10.0. The maximum atomic E-state index is 3.53. The minimum Gasteiger partial charge on any atom is -0.382 e. The second-order valence-electron chi connectivity index (χ2n) is 6.23. The number of fused-ring (bicyclic) bond motifs is 1. The highest BCUT2D eigenvalue weighted by molar-refractivity contribution is 5.74. The number of aryl methyl sites for hydroxylation is 4. The average Bonchev–Trinajstić information content (AvgIpc) is 2.45. The summed E-state index contributed by atoms with van der Waals surface area (Å²) in [6.45, 7) is 11.8. The smallest absolute Gasteiger partial charge is 0.0608 e. The molecule has 0 saturated heterocycles. The van der Waals surface area contributed by atoms with Crippen molar-refractivity contribution in [2.75, 3.05) is 23.3 Å². The lowest BCUT2D eigenvalue weighted by Gasteiger charge is -2.33. The second-order valence-corrected chi connectivity index (χ2v) is 6.23. The first kappa shape index (κ1) is 14.0. The molecule has 0 spiro atoms. The number of anilines is 2. The van der Waals surface area contributed by atoms with E-state index in [0.717, 1.165) is 19.6 Å². The molecule has 0 amide bonds. The van der Waals surface area contributed by atoms with Gasteiger partial charge in [-0.1, -0.05) is 23.8 Å². The third kappa shape index (κ3) is 2.76. The van der Waals surface area contributed by atoms with Crippen LogP contribution in [0.15, 0.2) is 30.3 Å². The van der Waals surface area contributed by atoms with E-state index >= 15 is 0 Å². The van der Waals surface area contributed by atoms with E-state index in [1.165, 1.54) is 39.2 Å². The molecule has 2 nitrogen and oxygen atoms in total. The van der Waals surface area contributed by atoms with Crippen LogP contribution in [0.4, 0.5) is 11.4 Å². The van der Waals surface area contributed by atoms with Crippen molar-refractivity contribution < 1.29 is 0 Å². The van der Waals surface area contributed by atoms with Crippen molar-refractivity contribution >= 4 is 11.4 Å². The Morgan fingerprint density at radius 3 is 2.52 bits per heavy atom. The lowest BCUT2D eigenvalue weighted by Crippen LogP contribution is -2.33. The Labute approximate surface area is 127 Å². The Bertz CT molecular complexity index is 674. The van der Waals surface area contributed by atoms with E-state index in [1.54, 1.807) is 0 Å². The maximum Gasteiger partial charge on any atom is 0.0608 e. The van der Waals surface area contributed by atoms with E-state index in [-0.39, 0.29) is 0 Å². The summed E-state index contributed by atoms with van der Waals surface area (Å²) in [5.41, 5.74) is 9.48. The molecule has 3 rings (SSSR count). The summed E-state index contributed by atoms with van der Waals surface area (Å²) in [4.78, 5) is 2.50. The predicted octanol–water partition coefficient (Wildman–Crippen LogP) is 4.35. The fourth-order valence-corrected chi connectivity index (χ4v) is 2.99. The Morgan fingerprint density at radius 2 is 1.71 bits per heavy atom. The van der Waals surface area contributed by atoms with Gasteiger partial charge in [0.25, 0.3) is 0 Å². The quantitative estimate of drug-likeness (QED) is 0.879. The van der Waals surface area contributed by atoms with Gasteiger partial charge in [0.15, 0.2) is 0 Å². The Balaban J connectivity index is 1.95. The molecular formula is C19H24N2. The molecule has 1 N–H and O–H groups in total. The Morgan fingerprint density at radius 1 is 0.952 bits per heavy atom. The molecule has 1 aliphatic rings. The van der Waals surface area contributed by atoms with Crippen LogP contribution in [0.1, 0.15) is 27.8 Å². The highest BCUT2D eigenvalue weighted by Gasteiger charge is 2.18. The molecular weight excluding hydrogens is 256 g/mol. The molecule has 0 fully saturated rings. The fourth-order valence-electron chi connectivity index (χ4n) is 2.99. The van der Waals surface area contributed by atoms with Crippen LogP contribution in [0.2, 0.25) is 0 Å². The topological polar surface area (TPSA) is 15.3 Å². The summed E-state index contributed by atoms with van der Waals surface area (Å²) in [5.74, 6) is 0. The summed E-state index contributed by atoms with van der Waals surface area (Å²) >= 11 is 0. The van der Waals surface area contributed by atoms with Gasteiger partial charge < -0.3 is 10.2 Å². The number of hydrogen-bond donors (Lipinski definition) is 1. The van der Waals surface area contributed by atoms with Gasteiger partial charge in [-0.05, 0) is 62.1 Å². The van der Waals surface area contributed by atoms with Crippen molar-refractivity contribution in [1.82, 2.24) is 0 Å². The van der Waals surface area contributed by atoms with E-state index in [0.29, 0.717) is 0 Å². The van der Waals surface area contributed by atoms with Crippen molar-refractivity contribution in [3.8, 4) is 0 Å². The summed E-state index contributed by atoms with van der Waals surface area (Å²) in [5, 5.41) is 3.53. The molecule has 2 heteroatoms. The molecule has 0 radical (unpaired) electrons. The molecule has 110 valence electrons. The number of nitrogens with zero attached hydrogens (tertiary/aromatic N) is 1. The molecule has 2 aromatic carbocycles. The van der Waals surface area contributed by atoms with Gasteiger partial charge in [-0.3, -0.25) is 0 Å². The van der Waals surface area contributed by atoms with Gasteiger partial charge in [0, 0.05) is 19.6 Å². The van der Waals surface area contributed by atoms with E-state index in [9.17, 15) is 0 Å². The van der Waals surface area contributed by atoms with Crippen LogP contribution in [-0.2, 0) is 6.54 Å². The third-order valence-electron chi connectivity index (χ3n) is 4.52. The zero-order chi connectivity index (χ0) is 15.0. The monoisotopic (exact) mass is 280 g/mol. The molecule has 1 heterocycles. The zero-order valence-corrected chi connectivity index (χ0v) is 13.5. The van der Waals surface area contributed by atoms with Crippen LogP contribution in [0.3, 0.4) is 0 Å². The lowest BCUT2D eigenvalue weighted by molar-refractivity contribution is 0.782. The van der Waals surface area contributed by atoms with Crippen molar-refractivity contribution in [3.05, 3.63) is 58.1 Å². The van der Waals surface area contributed by atoms with Crippen LogP contribution in [0.5, 0.6) is 0 Å². The van der Waals surface area contributed by atoms with Crippen LogP contribution in [0.25, 0.3) is 0 Å². The molecule has 1 aliphatic heterocycles. The summed E-state index contributed by atoms with van der Waals surface area (Å²) in [6, 6.07) is 11.3. The van der Waals surface area contributed by atoms with Crippen LogP contribution in [0, 0.1) is 27.7 Å². The highest BCUT2D eigenvalue weighted by Crippen LogP contribution is 2.33. The highest BCUT2D eigenvalue weighted by atomic mass is 15.2. The van der Waals surface area contributed by atoms with Gasteiger partial charge >= 0.3 is 0 Å². The van der Waals surface area contributed by atoms with E-state index < -0.39 is 0 Å². The molecule has 0 aliphatic carbocycles. The molecule has 2 aromatic rings. The molecule has 0 unspecified atom stereocenters. The van der Waals surface area contributed by atoms with Crippen molar-refractivity contribution in [1.29, 1.82) is 0 Å². The zero-order valence-electron chi connectivity index (χ0n) is 13.5. The van der Waals surface area contributed by atoms with Gasteiger partial charge in [-0.2, -0.15) is 0 Å². The molecule has 0 saturated carbocycles. The van der Waals surface area contributed by atoms with Gasteiger partial charge in [0.1, 0.15) is 0 Å². The average molecular weight is 280 g/mol. The minimum absolute atomic E-state index is 0.991. The third-order valence-corrected chi connectivity index (χ3v) is 4.52. The number of rotatable bonds is 2. The van der Waals surface area contributed by atoms with E-state index in [2.05, 4.69) is 68.2 Å². The normalized spacial score (nSPS) is 13.8. The molecule has 0 bridgehead atoms. The minimum atomic E-state index is 0.991. The Kier molecular flexibility index (Phi) is 3.62. The molecule has 0 aromatic heterocycles. The first-order valence-electron chi connectivity index (χ1n) is 7.71. The Hall–Kier alpha value is -1.96. The summed E-state index contributed by atoms with van der Waals surface area (Å²) in [6.07, 6.45) is 0. The number of nitrogens with one attached hydrogen (secondary N) is 1. The number of benzene rings is 2. The predicted molar refractivity (Wildman–Crippen MR) is 91.4 cm³/mol. The van der Waals surface area contributed by atoms with Crippen LogP contribution < -0.4 is 10.2 Å². The number of hydrogen-bond acceptors (Lipinski definition) is 2. The first-order chi connectivity index (χ1) is 10.0. The van der Waals surface area contributed by atoms with Crippen LogP contribution in [-0.4, -0.2) is 13.1 Å². The first-order valence-corrected chi connectivity index (χ1v) is 7.71. The van der Waals surface area contributed by atoms with Gasteiger partial charge in [0.2, 0.25) is 0 Å². The molecule has 0 atom stereocenters. The van der Waals surface area contributed by atoms with Crippen molar-refractivity contribution in [3.63, 3.8) is 0 Å². The van der Waals surface area contributed by atoms with E-state index in [4.69, 9.17) is 0 Å². The molecule has 21 heavy (non-hydrogen) atoms.